The van der Waals surface area contributed by atoms with E-state index in [1.54, 1.807) is 26.6 Å². The maximum atomic E-state index is 13.7. The Balaban J connectivity index is 1.43. The average molecular weight is 796 g/mol. The molecule has 1 aliphatic heterocycles. The Morgan fingerprint density at radius 1 is 0.947 bits per heavy atom. The van der Waals surface area contributed by atoms with Crippen molar-refractivity contribution < 1.29 is 28.0 Å². The van der Waals surface area contributed by atoms with Gasteiger partial charge in [-0.05, 0) is 75.6 Å². The Morgan fingerprint density at radius 3 is 2.11 bits per heavy atom. The predicted octanol–water partition coefficient (Wildman–Crippen LogP) is 7.11. The fourth-order valence-corrected chi connectivity index (χ4v) is 8.90. The SMILES string of the molecule is COc1ccc(C(OC[C@H]2O[C@@H](n3cc(C)c(-n4ccnn4)nc3=O)C[C@@H]2OP(OCCC#N)N(C(C)C)C(C)C)(c2ccccc2)c2ccc(OC)cc2)cc1. The molecule has 3 aromatic carbocycles. The van der Waals surface area contributed by atoms with E-state index < -0.39 is 38.3 Å². The zero-order valence-corrected chi connectivity index (χ0v) is 34.3. The van der Waals surface area contributed by atoms with Crippen LogP contribution >= 0.6 is 8.53 Å². The third-order valence-corrected chi connectivity index (χ3v) is 11.9. The van der Waals surface area contributed by atoms with E-state index in [1.165, 1.54) is 15.4 Å². The number of benzene rings is 3. The number of ether oxygens (including phenoxy) is 4. The van der Waals surface area contributed by atoms with Crippen molar-refractivity contribution in [2.45, 2.75) is 83.6 Å². The molecule has 15 heteroatoms. The lowest BCUT2D eigenvalue weighted by Crippen LogP contribution is -2.39. The number of aromatic nitrogens is 5. The minimum Gasteiger partial charge on any atom is -0.497 e. The summed E-state index contributed by atoms with van der Waals surface area (Å²) in [5.74, 6) is 1.80. The fourth-order valence-electron chi connectivity index (χ4n) is 7.14. The molecule has 0 aliphatic carbocycles. The lowest BCUT2D eigenvalue weighted by atomic mass is 9.80. The Hall–Kier alpha value is -5.00. The van der Waals surface area contributed by atoms with E-state index in [1.807, 2.05) is 85.8 Å². The largest absolute Gasteiger partial charge is 0.497 e. The maximum Gasteiger partial charge on any atom is 0.351 e. The van der Waals surface area contributed by atoms with Crippen LogP contribution in [0.3, 0.4) is 0 Å². The number of hydrogen-bond donors (Lipinski definition) is 0. The molecule has 1 aliphatic rings. The highest BCUT2D eigenvalue weighted by molar-refractivity contribution is 7.44. The number of nitriles is 1. The van der Waals surface area contributed by atoms with Crippen LogP contribution in [0.1, 0.15) is 69.0 Å². The van der Waals surface area contributed by atoms with Crippen molar-refractivity contribution in [2.75, 3.05) is 27.4 Å². The van der Waals surface area contributed by atoms with Crippen LogP contribution < -0.4 is 15.2 Å². The molecule has 1 unspecified atom stereocenters. The van der Waals surface area contributed by atoms with Gasteiger partial charge in [0.15, 0.2) is 5.82 Å². The van der Waals surface area contributed by atoms with E-state index in [0.29, 0.717) is 29.3 Å². The molecule has 0 N–H and O–H groups in total. The normalized spacial score (nSPS) is 17.6. The maximum absolute atomic E-state index is 13.7. The van der Waals surface area contributed by atoms with Gasteiger partial charge in [-0.15, -0.1) is 5.10 Å². The van der Waals surface area contributed by atoms with E-state index in [4.69, 9.17) is 28.0 Å². The number of hydrogen-bond acceptors (Lipinski definition) is 12. The zero-order valence-electron chi connectivity index (χ0n) is 33.4. The molecular formula is C42H50N7O7P. The first-order chi connectivity index (χ1) is 27.6. The second kappa shape index (κ2) is 19.0. The summed E-state index contributed by atoms with van der Waals surface area (Å²) in [5, 5.41) is 17.3. The van der Waals surface area contributed by atoms with Crippen LogP contribution in [0.15, 0.2) is 102 Å². The molecule has 300 valence electrons. The standard InChI is InChI=1S/C42H50N7O7P/c1-29(2)49(30(3)4)57(54-25-11-22-43)56-37-26-39(47-27-31(5)40(45-41(47)50)48-24-23-44-46-48)55-38(37)28-53-42(32-12-9-8-10-13-32,33-14-18-35(51-6)19-15-33)34-16-20-36(52-7)21-17-34/h8-10,12-21,23-24,27,29-30,37-39H,11,25-26,28H2,1-7H3/t37-,38+,39+,57?/m0/s1. The molecule has 5 aromatic rings. The van der Waals surface area contributed by atoms with E-state index >= 15 is 0 Å². The van der Waals surface area contributed by atoms with Crippen molar-refractivity contribution in [2.24, 2.45) is 0 Å². The van der Waals surface area contributed by atoms with Gasteiger partial charge < -0.3 is 28.0 Å². The van der Waals surface area contributed by atoms with Gasteiger partial charge in [0, 0.05) is 30.3 Å². The second-order valence-electron chi connectivity index (χ2n) is 14.2. The third kappa shape index (κ3) is 9.26. The van der Waals surface area contributed by atoms with Gasteiger partial charge in [0.1, 0.15) is 29.4 Å². The van der Waals surface area contributed by atoms with Crippen molar-refractivity contribution in [1.29, 1.82) is 5.26 Å². The first-order valence-electron chi connectivity index (χ1n) is 18.9. The Kier molecular flexibility index (Phi) is 13.8. The summed E-state index contributed by atoms with van der Waals surface area (Å²) in [6.07, 6.45) is 3.38. The van der Waals surface area contributed by atoms with Crippen LogP contribution in [0.5, 0.6) is 11.5 Å². The number of rotatable bonds is 18. The van der Waals surface area contributed by atoms with E-state index in [9.17, 15) is 10.1 Å². The zero-order chi connectivity index (χ0) is 40.5. The molecule has 6 rings (SSSR count). The number of aryl methyl sites for hydroxylation is 1. The molecule has 0 radical (unpaired) electrons. The van der Waals surface area contributed by atoms with Crippen molar-refractivity contribution in [3.63, 3.8) is 0 Å². The summed E-state index contributed by atoms with van der Waals surface area (Å²) in [5.41, 5.74) is 1.68. The van der Waals surface area contributed by atoms with Gasteiger partial charge in [0.05, 0.1) is 58.4 Å². The highest BCUT2D eigenvalue weighted by Crippen LogP contribution is 2.50. The molecule has 0 bridgehead atoms. The van der Waals surface area contributed by atoms with E-state index in [2.05, 4.69) is 53.7 Å². The molecule has 0 saturated carbocycles. The number of nitrogens with zero attached hydrogens (tertiary/aromatic N) is 7. The van der Waals surface area contributed by atoms with Crippen LogP contribution in [0.25, 0.3) is 5.82 Å². The lowest BCUT2D eigenvalue weighted by molar-refractivity contribution is -0.0925. The summed E-state index contributed by atoms with van der Waals surface area (Å²) in [6.45, 7) is 10.5. The van der Waals surface area contributed by atoms with Crippen LogP contribution in [0, 0.1) is 18.3 Å². The second-order valence-corrected chi connectivity index (χ2v) is 15.6. The highest BCUT2D eigenvalue weighted by atomic mass is 31.2. The first kappa shape index (κ1) is 41.6. The molecule has 0 spiro atoms. The summed E-state index contributed by atoms with van der Waals surface area (Å²) in [6, 6.07) is 28.0. The van der Waals surface area contributed by atoms with E-state index in [-0.39, 0.29) is 31.7 Å². The Morgan fingerprint density at radius 2 is 1.56 bits per heavy atom. The first-order valence-corrected chi connectivity index (χ1v) is 20.1. The Bertz CT molecular complexity index is 2070. The molecule has 4 atom stereocenters. The fraction of sp³-hybridized carbons (Fsp3) is 0.405. The lowest BCUT2D eigenvalue weighted by Gasteiger charge is -2.39. The summed E-state index contributed by atoms with van der Waals surface area (Å²) >= 11 is 0. The van der Waals surface area contributed by atoms with Crippen molar-refractivity contribution in [3.05, 3.63) is 130 Å². The Labute approximate surface area is 334 Å². The smallest absolute Gasteiger partial charge is 0.351 e. The van der Waals surface area contributed by atoms with Crippen molar-refractivity contribution in [1.82, 2.24) is 29.2 Å². The molecule has 0 amide bonds. The van der Waals surface area contributed by atoms with Crippen molar-refractivity contribution >= 4 is 8.53 Å². The monoisotopic (exact) mass is 795 g/mol. The van der Waals surface area contributed by atoms with Crippen LogP contribution in [0.4, 0.5) is 0 Å². The van der Waals surface area contributed by atoms with Crippen LogP contribution in [0.2, 0.25) is 0 Å². The molecule has 1 fully saturated rings. The van der Waals surface area contributed by atoms with Crippen LogP contribution in [-0.4, -0.2) is 80.9 Å². The number of methoxy groups -OCH3 is 2. The van der Waals surface area contributed by atoms with E-state index in [0.717, 1.165) is 16.7 Å². The van der Waals surface area contributed by atoms with Gasteiger partial charge in [0.25, 0.3) is 8.53 Å². The minimum atomic E-state index is -1.67. The van der Waals surface area contributed by atoms with Crippen molar-refractivity contribution in [3.8, 4) is 23.4 Å². The topological polar surface area (TPSA) is 148 Å². The summed E-state index contributed by atoms with van der Waals surface area (Å²) < 4.78 is 43.6. The third-order valence-electron chi connectivity index (χ3n) is 9.76. The summed E-state index contributed by atoms with van der Waals surface area (Å²) in [7, 11) is 1.60. The molecule has 3 heterocycles. The summed E-state index contributed by atoms with van der Waals surface area (Å²) in [4.78, 5) is 18.1. The van der Waals surface area contributed by atoms with Gasteiger partial charge in [-0.2, -0.15) is 10.2 Å². The predicted molar refractivity (Wildman–Crippen MR) is 215 cm³/mol. The van der Waals surface area contributed by atoms with Gasteiger partial charge in [-0.1, -0.05) is 59.8 Å². The molecule has 57 heavy (non-hydrogen) atoms. The van der Waals surface area contributed by atoms with Crippen LogP contribution in [-0.2, 0) is 24.1 Å². The van der Waals surface area contributed by atoms with Gasteiger partial charge >= 0.3 is 5.69 Å². The van der Waals surface area contributed by atoms with Gasteiger partial charge in [0.2, 0.25) is 0 Å². The molecule has 2 aromatic heterocycles. The molecule has 14 nitrogen and oxygen atoms in total. The molecule has 1 saturated heterocycles. The highest BCUT2D eigenvalue weighted by Gasteiger charge is 2.45. The quantitative estimate of drug-likeness (QED) is 0.0506. The van der Waals surface area contributed by atoms with Gasteiger partial charge in [-0.25, -0.2) is 14.1 Å². The average Bonchev–Trinajstić information content (AvgIpc) is 3.90. The van der Waals surface area contributed by atoms with Gasteiger partial charge in [-0.3, -0.25) is 4.57 Å². The molecular weight excluding hydrogens is 745 g/mol. The minimum absolute atomic E-state index is 0.0526.